The highest BCUT2D eigenvalue weighted by molar-refractivity contribution is 6.31. The summed E-state index contributed by atoms with van der Waals surface area (Å²) in [5.74, 6) is 0.664. The summed E-state index contributed by atoms with van der Waals surface area (Å²) >= 11 is 6.28. The van der Waals surface area contributed by atoms with E-state index in [9.17, 15) is 5.11 Å². The van der Waals surface area contributed by atoms with Gasteiger partial charge in [-0.1, -0.05) is 43.1 Å². The second-order valence-electron chi connectivity index (χ2n) is 6.05. The zero-order valence-corrected chi connectivity index (χ0v) is 12.6. The molecular formula is C16H24ClNO. The Morgan fingerprint density at radius 2 is 2.16 bits per heavy atom. The lowest BCUT2D eigenvalue weighted by molar-refractivity contribution is -0.0714. The molecule has 1 aromatic carbocycles. The summed E-state index contributed by atoms with van der Waals surface area (Å²) in [4.78, 5) is 0. The molecule has 1 fully saturated rings. The first-order chi connectivity index (χ1) is 8.97. The number of hydrogen-bond donors (Lipinski definition) is 2. The third-order valence-electron chi connectivity index (χ3n) is 5.11. The Balaban J connectivity index is 2.40. The van der Waals surface area contributed by atoms with E-state index >= 15 is 0 Å². The van der Waals surface area contributed by atoms with Crippen LogP contribution < -0.4 is 5.73 Å². The van der Waals surface area contributed by atoms with Gasteiger partial charge in [0.1, 0.15) is 0 Å². The molecular weight excluding hydrogens is 258 g/mol. The van der Waals surface area contributed by atoms with E-state index in [0.717, 1.165) is 31.2 Å². The van der Waals surface area contributed by atoms with Gasteiger partial charge in [-0.15, -0.1) is 0 Å². The van der Waals surface area contributed by atoms with Crippen molar-refractivity contribution in [1.29, 1.82) is 0 Å². The number of nitrogens with two attached hydrogens (primary N) is 1. The van der Waals surface area contributed by atoms with Crippen LogP contribution in [-0.4, -0.2) is 11.7 Å². The van der Waals surface area contributed by atoms with Crippen LogP contribution in [0, 0.1) is 11.3 Å². The maximum absolute atomic E-state index is 11.2. The molecule has 2 nitrogen and oxygen atoms in total. The maximum atomic E-state index is 11.2. The van der Waals surface area contributed by atoms with Crippen LogP contribution in [0.15, 0.2) is 24.3 Å². The molecule has 0 heterocycles. The standard InChI is InChI=1S/C16H24ClNO/c1-3-12-8-9-16(10-12,11-18)15(2,19)13-6-4-5-7-14(13)17/h4-7,12,19H,3,8-11,18H2,1-2H3. The van der Waals surface area contributed by atoms with Crippen LogP contribution in [-0.2, 0) is 5.60 Å². The van der Waals surface area contributed by atoms with Crippen molar-refractivity contribution in [3.63, 3.8) is 0 Å². The summed E-state index contributed by atoms with van der Waals surface area (Å²) in [7, 11) is 0. The fourth-order valence-corrected chi connectivity index (χ4v) is 3.87. The molecule has 0 spiro atoms. The Labute approximate surface area is 121 Å². The van der Waals surface area contributed by atoms with Crippen molar-refractivity contribution in [3.8, 4) is 0 Å². The molecule has 0 radical (unpaired) electrons. The maximum Gasteiger partial charge on any atom is 0.0950 e. The SMILES string of the molecule is CCC1CCC(CN)(C(C)(O)c2ccccc2Cl)C1. The van der Waals surface area contributed by atoms with E-state index < -0.39 is 5.60 Å². The zero-order chi connectivity index (χ0) is 14.1. The van der Waals surface area contributed by atoms with Crippen LogP contribution in [0.2, 0.25) is 5.02 Å². The van der Waals surface area contributed by atoms with Crippen molar-refractivity contribution < 1.29 is 5.11 Å². The van der Waals surface area contributed by atoms with E-state index in [-0.39, 0.29) is 5.41 Å². The third-order valence-corrected chi connectivity index (χ3v) is 5.44. The van der Waals surface area contributed by atoms with E-state index in [1.165, 1.54) is 0 Å². The highest BCUT2D eigenvalue weighted by Crippen LogP contribution is 2.54. The predicted octanol–water partition coefficient (Wildman–Crippen LogP) is 3.70. The van der Waals surface area contributed by atoms with E-state index in [0.29, 0.717) is 17.5 Å². The first-order valence-electron chi connectivity index (χ1n) is 7.14. The quantitative estimate of drug-likeness (QED) is 0.884. The molecule has 0 bridgehead atoms. The lowest BCUT2D eigenvalue weighted by Crippen LogP contribution is -2.47. The van der Waals surface area contributed by atoms with Gasteiger partial charge in [-0.3, -0.25) is 0 Å². The van der Waals surface area contributed by atoms with Gasteiger partial charge in [-0.05, 0) is 38.2 Å². The van der Waals surface area contributed by atoms with E-state index in [4.69, 9.17) is 17.3 Å². The van der Waals surface area contributed by atoms with Gasteiger partial charge in [0, 0.05) is 22.5 Å². The van der Waals surface area contributed by atoms with Gasteiger partial charge >= 0.3 is 0 Å². The van der Waals surface area contributed by atoms with Crippen molar-refractivity contribution >= 4 is 11.6 Å². The van der Waals surface area contributed by atoms with Crippen molar-refractivity contribution in [2.45, 2.75) is 45.1 Å². The molecule has 3 heteroatoms. The molecule has 3 atom stereocenters. The minimum absolute atomic E-state index is 0.251. The van der Waals surface area contributed by atoms with Gasteiger partial charge in [0.05, 0.1) is 5.60 Å². The van der Waals surface area contributed by atoms with E-state index in [1.807, 2.05) is 31.2 Å². The smallest absolute Gasteiger partial charge is 0.0950 e. The average Bonchev–Trinajstić information content (AvgIpc) is 2.84. The Morgan fingerprint density at radius 3 is 2.68 bits per heavy atom. The van der Waals surface area contributed by atoms with Gasteiger partial charge < -0.3 is 10.8 Å². The molecule has 3 unspecified atom stereocenters. The predicted molar refractivity (Wildman–Crippen MR) is 80.1 cm³/mol. The molecule has 0 saturated heterocycles. The molecule has 19 heavy (non-hydrogen) atoms. The first-order valence-corrected chi connectivity index (χ1v) is 7.52. The fourth-order valence-electron chi connectivity index (χ4n) is 3.55. The molecule has 2 rings (SSSR count). The molecule has 106 valence electrons. The number of hydrogen-bond acceptors (Lipinski definition) is 2. The van der Waals surface area contributed by atoms with Gasteiger partial charge in [0.15, 0.2) is 0 Å². The fraction of sp³-hybridized carbons (Fsp3) is 0.625. The Hall–Kier alpha value is -0.570. The number of halogens is 1. The van der Waals surface area contributed by atoms with Crippen LogP contribution >= 0.6 is 11.6 Å². The molecule has 1 aliphatic carbocycles. The summed E-state index contributed by atoms with van der Waals surface area (Å²) in [5.41, 5.74) is 5.64. The van der Waals surface area contributed by atoms with E-state index in [2.05, 4.69) is 6.92 Å². The molecule has 1 aliphatic rings. The molecule has 3 N–H and O–H groups in total. The Morgan fingerprint density at radius 1 is 1.47 bits per heavy atom. The van der Waals surface area contributed by atoms with Crippen LogP contribution in [0.3, 0.4) is 0 Å². The zero-order valence-electron chi connectivity index (χ0n) is 11.8. The summed E-state index contributed by atoms with van der Waals surface area (Å²) in [6.07, 6.45) is 4.26. The van der Waals surface area contributed by atoms with Crippen molar-refractivity contribution in [3.05, 3.63) is 34.9 Å². The second-order valence-corrected chi connectivity index (χ2v) is 6.46. The average molecular weight is 282 g/mol. The topological polar surface area (TPSA) is 46.2 Å². The summed E-state index contributed by atoms with van der Waals surface area (Å²) in [6.45, 7) is 4.59. The Bertz CT molecular complexity index is 446. The van der Waals surface area contributed by atoms with Gasteiger partial charge in [0.25, 0.3) is 0 Å². The first kappa shape index (κ1) is 14.8. The van der Waals surface area contributed by atoms with Gasteiger partial charge in [-0.25, -0.2) is 0 Å². The minimum Gasteiger partial charge on any atom is -0.385 e. The number of benzene rings is 1. The van der Waals surface area contributed by atoms with Crippen molar-refractivity contribution in [2.24, 2.45) is 17.1 Å². The second kappa shape index (κ2) is 5.43. The minimum atomic E-state index is -0.968. The summed E-state index contributed by atoms with van der Waals surface area (Å²) < 4.78 is 0. The molecule has 0 aromatic heterocycles. The van der Waals surface area contributed by atoms with Crippen molar-refractivity contribution in [2.75, 3.05) is 6.54 Å². The summed E-state index contributed by atoms with van der Waals surface area (Å²) in [5, 5.41) is 11.8. The molecule has 0 aliphatic heterocycles. The highest BCUT2D eigenvalue weighted by Gasteiger charge is 2.51. The number of rotatable bonds is 4. The van der Waals surface area contributed by atoms with E-state index in [1.54, 1.807) is 0 Å². The Kier molecular flexibility index (Phi) is 4.24. The van der Waals surface area contributed by atoms with Crippen molar-refractivity contribution in [1.82, 2.24) is 0 Å². The van der Waals surface area contributed by atoms with Crippen LogP contribution in [0.1, 0.15) is 45.1 Å². The lowest BCUT2D eigenvalue weighted by Gasteiger charge is -2.43. The summed E-state index contributed by atoms with van der Waals surface area (Å²) in [6, 6.07) is 7.56. The highest BCUT2D eigenvalue weighted by atomic mass is 35.5. The van der Waals surface area contributed by atoms with Crippen LogP contribution in [0.4, 0.5) is 0 Å². The molecule has 0 amide bonds. The number of aliphatic hydroxyl groups is 1. The van der Waals surface area contributed by atoms with Crippen LogP contribution in [0.25, 0.3) is 0 Å². The monoisotopic (exact) mass is 281 g/mol. The van der Waals surface area contributed by atoms with Gasteiger partial charge in [-0.2, -0.15) is 0 Å². The largest absolute Gasteiger partial charge is 0.385 e. The lowest BCUT2D eigenvalue weighted by atomic mass is 9.67. The third kappa shape index (κ3) is 2.42. The van der Waals surface area contributed by atoms with Gasteiger partial charge in [0.2, 0.25) is 0 Å². The molecule has 1 aromatic rings. The normalized spacial score (nSPS) is 30.3. The van der Waals surface area contributed by atoms with Crippen LogP contribution in [0.5, 0.6) is 0 Å². The molecule has 1 saturated carbocycles.